The van der Waals surface area contributed by atoms with Gasteiger partial charge in [0.15, 0.2) is 25.0 Å². The lowest BCUT2D eigenvalue weighted by Crippen LogP contribution is -2.65. The van der Waals surface area contributed by atoms with Gasteiger partial charge in [-0.25, -0.2) is 4.79 Å². The van der Waals surface area contributed by atoms with Crippen LogP contribution in [0.1, 0.15) is 0 Å². The quantitative estimate of drug-likeness (QED) is 0.159. The van der Waals surface area contributed by atoms with Crippen LogP contribution in [0.4, 0.5) is 0 Å². The molecular formula is C17H28O16. The topological polar surface area (TPSA) is 266 Å². The molecule has 16 nitrogen and oxygen atoms in total. The SMILES string of the molecule is O=C(O)C1O[C@@H](O)C(O[C@@H]2OC(CO)[C@@H](O)[C@@H](O)C2O)[C@H](O[C@@H]2O[C@@H](CO)[C@@H](O)C2O)[C@@H]1O. The molecule has 33 heavy (non-hydrogen) atoms. The van der Waals surface area contributed by atoms with Gasteiger partial charge in [0.1, 0.15) is 61.0 Å². The molecule has 14 atom stereocenters. The molecule has 3 fully saturated rings. The molecule has 0 spiro atoms. The van der Waals surface area contributed by atoms with E-state index in [0.717, 1.165) is 0 Å². The van der Waals surface area contributed by atoms with Gasteiger partial charge in [0.2, 0.25) is 0 Å². The Morgan fingerprint density at radius 1 is 0.636 bits per heavy atom. The predicted octanol–water partition coefficient (Wildman–Crippen LogP) is -6.84. The third kappa shape index (κ3) is 5.14. The first kappa shape index (κ1) is 26.5. The van der Waals surface area contributed by atoms with Crippen molar-refractivity contribution in [3.8, 4) is 0 Å². The van der Waals surface area contributed by atoms with Crippen molar-refractivity contribution in [1.29, 1.82) is 0 Å². The highest BCUT2D eigenvalue weighted by Crippen LogP contribution is 2.33. The van der Waals surface area contributed by atoms with Crippen LogP contribution in [0.5, 0.6) is 0 Å². The van der Waals surface area contributed by atoms with E-state index in [1.54, 1.807) is 0 Å². The number of hydrogen-bond donors (Lipinski definition) is 10. The van der Waals surface area contributed by atoms with Crippen LogP contribution in [0.25, 0.3) is 0 Å². The highest BCUT2D eigenvalue weighted by Gasteiger charge is 2.55. The Labute approximate surface area is 185 Å². The van der Waals surface area contributed by atoms with Crippen molar-refractivity contribution in [2.75, 3.05) is 13.2 Å². The lowest BCUT2D eigenvalue weighted by atomic mass is 9.97. The Balaban J connectivity index is 1.83. The smallest absolute Gasteiger partial charge is 0.335 e. The van der Waals surface area contributed by atoms with Crippen LogP contribution in [-0.2, 0) is 28.5 Å². The summed E-state index contributed by atoms with van der Waals surface area (Å²) in [6.07, 6.45) is -24.9. The zero-order chi connectivity index (χ0) is 24.6. The van der Waals surface area contributed by atoms with E-state index in [1.807, 2.05) is 0 Å². The summed E-state index contributed by atoms with van der Waals surface area (Å²) in [5, 5.41) is 98.5. The van der Waals surface area contributed by atoms with Crippen molar-refractivity contribution in [2.24, 2.45) is 0 Å². The number of ether oxygens (including phenoxy) is 5. The summed E-state index contributed by atoms with van der Waals surface area (Å²) < 4.78 is 26.0. The van der Waals surface area contributed by atoms with E-state index in [-0.39, 0.29) is 0 Å². The summed E-state index contributed by atoms with van der Waals surface area (Å²) >= 11 is 0. The fourth-order valence-corrected chi connectivity index (χ4v) is 3.81. The second-order valence-electron chi connectivity index (χ2n) is 7.88. The van der Waals surface area contributed by atoms with Crippen LogP contribution in [0.2, 0.25) is 0 Å². The standard InChI is InChI=1S/C17H28O16/c18-1-3-5(20)7(22)9(24)17(29-3)33-13-11(10(25)12(14(26)27)31-15(13)28)32-16-8(23)6(21)4(2-19)30-16/h3-13,15-25,28H,1-2H2,(H,26,27)/t3?,4-,5+,6+,7+,8?,9?,10-,11+,12?,13?,15+,16-,17-/m0/s1. The van der Waals surface area contributed by atoms with Crippen LogP contribution < -0.4 is 0 Å². The minimum absolute atomic E-state index is 0.709. The van der Waals surface area contributed by atoms with Crippen molar-refractivity contribution in [1.82, 2.24) is 0 Å². The Morgan fingerprint density at radius 2 is 1.09 bits per heavy atom. The largest absolute Gasteiger partial charge is 0.479 e. The maximum atomic E-state index is 11.4. The lowest BCUT2D eigenvalue weighted by molar-refractivity contribution is -0.372. The molecule has 0 saturated carbocycles. The highest BCUT2D eigenvalue weighted by atomic mass is 16.8. The van der Waals surface area contributed by atoms with Gasteiger partial charge in [-0.2, -0.15) is 0 Å². The van der Waals surface area contributed by atoms with Gasteiger partial charge in [0.25, 0.3) is 0 Å². The summed E-state index contributed by atoms with van der Waals surface area (Å²) in [5.41, 5.74) is 0. The van der Waals surface area contributed by atoms with Crippen LogP contribution >= 0.6 is 0 Å². The Bertz CT molecular complexity index is 663. The summed E-state index contributed by atoms with van der Waals surface area (Å²) in [7, 11) is 0. The van der Waals surface area contributed by atoms with E-state index >= 15 is 0 Å². The minimum Gasteiger partial charge on any atom is -0.479 e. The molecule has 0 aromatic rings. The average Bonchev–Trinajstić information content (AvgIpc) is 3.05. The van der Waals surface area contributed by atoms with E-state index in [2.05, 4.69) is 0 Å². The van der Waals surface area contributed by atoms with Crippen molar-refractivity contribution in [3.63, 3.8) is 0 Å². The molecular weight excluding hydrogens is 460 g/mol. The van der Waals surface area contributed by atoms with Crippen LogP contribution in [0.15, 0.2) is 0 Å². The van der Waals surface area contributed by atoms with Gasteiger partial charge in [0, 0.05) is 0 Å². The molecule has 192 valence electrons. The molecule has 3 saturated heterocycles. The van der Waals surface area contributed by atoms with E-state index < -0.39 is 105 Å². The van der Waals surface area contributed by atoms with Crippen LogP contribution in [-0.4, -0.2) is 156 Å². The number of aliphatic hydroxyl groups excluding tert-OH is 9. The molecule has 3 heterocycles. The predicted molar refractivity (Wildman–Crippen MR) is 95.8 cm³/mol. The first-order valence-corrected chi connectivity index (χ1v) is 10.00. The maximum absolute atomic E-state index is 11.4. The third-order valence-corrected chi connectivity index (χ3v) is 5.71. The van der Waals surface area contributed by atoms with Gasteiger partial charge in [-0.05, 0) is 0 Å². The number of aliphatic carboxylic acids is 1. The van der Waals surface area contributed by atoms with Gasteiger partial charge in [-0.1, -0.05) is 0 Å². The minimum atomic E-state index is -2.12. The van der Waals surface area contributed by atoms with Gasteiger partial charge >= 0.3 is 5.97 Å². The van der Waals surface area contributed by atoms with Gasteiger partial charge in [0.05, 0.1) is 13.2 Å². The van der Waals surface area contributed by atoms with Gasteiger partial charge in [-0.15, -0.1) is 0 Å². The van der Waals surface area contributed by atoms with Crippen LogP contribution in [0, 0.1) is 0 Å². The zero-order valence-corrected chi connectivity index (χ0v) is 16.9. The Morgan fingerprint density at radius 3 is 1.58 bits per heavy atom. The Hall–Kier alpha value is -1.09. The number of hydrogen-bond acceptors (Lipinski definition) is 15. The summed E-state index contributed by atoms with van der Waals surface area (Å²) in [6.45, 7) is -1.50. The molecule has 16 heteroatoms. The molecule has 0 radical (unpaired) electrons. The molecule has 10 N–H and O–H groups in total. The maximum Gasteiger partial charge on any atom is 0.335 e. The van der Waals surface area contributed by atoms with E-state index in [0.29, 0.717) is 0 Å². The molecule has 0 aromatic heterocycles. The molecule has 0 aliphatic carbocycles. The second kappa shape index (κ2) is 10.7. The number of carbonyl (C=O) groups is 1. The van der Waals surface area contributed by atoms with Crippen molar-refractivity contribution in [3.05, 3.63) is 0 Å². The van der Waals surface area contributed by atoms with E-state index in [9.17, 15) is 55.9 Å². The number of carboxylic acids is 1. The second-order valence-corrected chi connectivity index (χ2v) is 7.88. The molecule has 3 rings (SSSR count). The molecule has 3 aliphatic heterocycles. The number of aliphatic hydroxyl groups is 9. The van der Waals surface area contributed by atoms with E-state index in [1.165, 1.54) is 0 Å². The molecule has 0 aromatic carbocycles. The number of carboxylic acid groups (broad SMARTS) is 1. The Kier molecular flexibility index (Phi) is 8.57. The monoisotopic (exact) mass is 488 g/mol. The third-order valence-electron chi connectivity index (χ3n) is 5.71. The van der Waals surface area contributed by atoms with Crippen molar-refractivity contribution >= 4 is 5.97 Å². The lowest BCUT2D eigenvalue weighted by Gasteiger charge is -2.46. The van der Waals surface area contributed by atoms with Gasteiger partial charge in [-0.3, -0.25) is 0 Å². The van der Waals surface area contributed by atoms with Crippen LogP contribution in [0.3, 0.4) is 0 Å². The fourth-order valence-electron chi connectivity index (χ4n) is 3.81. The molecule has 5 unspecified atom stereocenters. The van der Waals surface area contributed by atoms with E-state index in [4.69, 9.17) is 23.7 Å². The first-order chi connectivity index (χ1) is 15.5. The number of rotatable bonds is 7. The molecule has 3 aliphatic rings. The summed E-state index contributed by atoms with van der Waals surface area (Å²) in [6, 6.07) is 0. The summed E-state index contributed by atoms with van der Waals surface area (Å²) in [4.78, 5) is 11.4. The zero-order valence-electron chi connectivity index (χ0n) is 16.9. The average molecular weight is 488 g/mol. The fraction of sp³-hybridized carbons (Fsp3) is 0.941. The first-order valence-electron chi connectivity index (χ1n) is 10.00. The normalized spacial score (nSPS) is 50.9. The molecule has 0 amide bonds. The highest BCUT2D eigenvalue weighted by molar-refractivity contribution is 5.73. The van der Waals surface area contributed by atoms with Gasteiger partial charge < -0.3 is 74.7 Å². The van der Waals surface area contributed by atoms with Crippen molar-refractivity contribution < 1.29 is 79.5 Å². The summed E-state index contributed by atoms with van der Waals surface area (Å²) in [5.74, 6) is -1.69. The van der Waals surface area contributed by atoms with Crippen molar-refractivity contribution in [2.45, 2.75) is 86.0 Å². The molecule has 0 bridgehead atoms.